The average molecular weight is 193 g/mol. The highest BCUT2D eigenvalue weighted by Crippen LogP contribution is 2.07. The predicted molar refractivity (Wildman–Crippen MR) is 56.7 cm³/mol. The summed E-state index contributed by atoms with van der Waals surface area (Å²) in [5.41, 5.74) is 1.09. The Labute approximate surface area is 82.9 Å². The first-order valence-corrected chi connectivity index (χ1v) is 4.97. The van der Waals surface area contributed by atoms with Crippen LogP contribution in [0.1, 0.15) is 6.92 Å². The van der Waals surface area contributed by atoms with Crippen LogP contribution < -0.4 is 16.2 Å². The summed E-state index contributed by atoms with van der Waals surface area (Å²) in [6.07, 6.45) is 1.88. The highest BCUT2D eigenvalue weighted by Gasteiger charge is 2.15. The van der Waals surface area contributed by atoms with Crippen molar-refractivity contribution in [2.45, 2.75) is 19.5 Å². The average Bonchev–Trinajstić information content (AvgIpc) is 2.14. The topological polar surface area (TPSA) is 46.1 Å². The van der Waals surface area contributed by atoms with E-state index in [1.807, 2.05) is 19.2 Å². The molecule has 14 heavy (non-hydrogen) atoms. The largest absolute Gasteiger partial charge is 0.379 e. The lowest BCUT2D eigenvalue weighted by Crippen LogP contribution is -2.51. The summed E-state index contributed by atoms with van der Waals surface area (Å²) in [6, 6.07) is 3.96. The van der Waals surface area contributed by atoms with Gasteiger partial charge in [0.2, 0.25) is 0 Å². The van der Waals surface area contributed by atoms with Gasteiger partial charge in [-0.2, -0.15) is 0 Å². The molecular formula is C10H15N3O. The van der Waals surface area contributed by atoms with Gasteiger partial charge in [-0.3, -0.25) is 4.79 Å². The molecule has 0 radical (unpaired) electrons. The van der Waals surface area contributed by atoms with E-state index in [1.165, 1.54) is 0 Å². The van der Waals surface area contributed by atoms with Gasteiger partial charge in [-0.1, -0.05) is 0 Å². The zero-order valence-electron chi connectivity index (χ0n) is 8.29. The number of aryl methyl sites for hydroxylation is 1. The molecule has 0 unspecified atom stereocenters. The summed E-state index contributed by atoms with van der Waals surface area (Å²) in [5.74, 6) is 0. The summed E-state index contributed by atoms with van der Waals surface area (Å²) in [7, 11) is 0. The van der Waals surface area contributed by atoms with Crippen LogP contribution in [0.3, 0.4) is 0 Å². The first kappa shape index (κ1) is 9.27. The molecule has 2 heterocycles. The first-order valence-electron chi connectivity index (χ1n) is 4.97. The molecule has 4 nitrogen and oxygen atoms in total. The molecule has 0 saturated carbocycles. The second kappa shape index (κ2) is 3.84. The number of pyridine rings is 1. The van der Waals surface area contributed by atoms with Crippen molar-refractivity contribution < 1.29 is 0 Å². The van der Waals surface area contributed by atoms with Crippen LogP contribution >= 0.6 is 0 Å². The van der Waals surface area contributed by atoms with Gasteiger partial charge in [0, 0.05) is 31.9 Å². The second-order valence-electron chi connectivity index (χ2n) is 3.54. The number of nitrogens with one attached hydrogen (secondary N) is 2. The van der Waals surface area contributed by atoms with Crippen molar-refractivity contribution in [1.82, 2.24) is 9.88 Å². The van der Waals surface area contributed by atoms with E-state index in [9.17, 15) is 4.79 Å². The maximum atomic E-state index is 11.3. The lowest BCUT2D eigenvalue weighted by molar-refractivity contribution is 0.472. The van der Waals surface area contributed by atoms with Crippen molar-refractivity contribution in [1.29, 1.82) is 0 Å². The van der Waals surface area contributed by atoms with E-state index in [4.69, 9.17) is 0 Å². The lowest BCUT2D eigenvalue weighted by Gasteiger charge is -2.29. The van der Waals surface area contributed by atoms with Crippen molar-refractivity contribution in [2.24, 2.45) is 0 Å². The second-order valence-corrected chi connectivity index (χ2v) is 3.54. The van der Waals surface area contributed by atoms with Crippen LogP contribution in [0.15, 0.2) is 23.1 Å². The summed E-state index contributed by atoms with van der Waals surface area (Å²) >= 11 is 0. The fourth-order valence-corrected chi connectivity index (χ4v) is 1.49. The maximum Gasteiger partial charge on any atom is 0.250 e. The van der Waals surface area contributed by atoms with Crippen LogP contribution in [0, 0.1) is 0 Å². The maximum absolute atomic E-state index is 11.3. The van der Waals surface area contributed by atoms with Crippen molar-refractivity contribution in [3.63, 3.8) is 0 Å². The molecule has 0 aliphatic carbocycles. The Morgan fingerprint density at radius 3 is 2.93 bits per heavy atom. The van der Waals surface area contributed by atoms with E-state index in [0.717, 1.165) is 25.3 Å². The molecule has 0 atom stereocenters. The molecular weight excluding hydrogens is 178 g/mol. The van der Waals surface area contributed by atoms with E-state index in [-0.39, 0.29) is 5.56 Å². The molecule has 0 aromatic carbocycles. The minimum atomic E-state index is 0.0600. The van der Waals surface area contributed by atoms with E-state index in [2.05, 4.69) is 10.6 Å². The Morgan fingerprint density at radius 1 is 1.57 bits per heavy atom. The minimum Gasteiger partial charge on any atom is -0.379 e. The van der Waals surface area contributed by atoms with Gasteiger partial charge < -0.3 is 15.2 Å². The number of nitrogens with zero attached hydrogens (tertiary/aromatic N) is 1. The van der Waals surface area contributed by atoms with Crippen molar-refractivity contribution >= 4 is 5.69 Å². The van der Waals surface area contributed by atoms with Gasteiger partial charge in [0.05, 0.1) is 11.7 Å². The molecule has 4 heteroatoms. The third-order valence-electron chi connectivity index (χ3n) is 2.48. The molecule has 1 aromatic rings. The number of rotatable bonds is 3. The lowest BCUT2D eigenvalue weighted by atomic mass is 10.2. The smallest absolute Gasteiger partial charge is 0.250 e. The summed E-state index contributed by atoms with van der Waals surface area (Å²) in [5, 5.41) is 6.55. The van der Waals surface area contributed by atoms with E-state index >= 15 is 0 Å². The zero-order valence-corrected chi connectivity index (χ0v) is 8.29. The summed E-state index contributed by atoms with van der Waals surface area (Å²) in [4.78, 5) is 11.3. The fourth-order valence-electron chi connectivity index (χ4n) is 1.49. The highest BCUT2D eigenvalue weighted by molar-refractivity contribution is 5.42. The standard InChI is InChI=1S/C10H15N3O/c1-2-13-7-8(3-4-10(13)14)12-9-5-11-6-9/h3-4,7,9,11-12H,2,5-6H2,1H3. The Balaban J connectivity index is 2.13. The van der Waals surface area contributed by atoms with Gasteiger partial charge >= 0.3 is 0 Å². The third-order valence-corrected chi connectivity index (χ3v) is 2.48. The molecule has 2 N–H and O–H groups in total. The van der Waals surface area contributed by atoms with Crippen LogP contribution in [0.5, 0.6) is 0 Å². The summed E-state index contributed by atoms with van der Waals surface area (Å²) < 4.78 is 1.70. The molecule has 0 amide bonds. The number of hydrogen-bond donors (Lipinski definition) is 2. The van der Waals surface area contributed by atoms with Gasteiger partial charge in [-0.05, 0) is 13.0 Å². The highest BCUT2D eigenvalue weighted by atomic mass is 16.1. The Hall–Kier alpha value is -1.29. The summed E-state index contributed by atoms with van der Waals surface area (Å²) in [6.45, 7) is 4.70. The number of hydrogen-bond acceptors (Lipinski definition) is 3. The monoisotopic (exact) mass is 193 g/mol. The molecule has 0 spiro atoms. The minimum absolute atomic E-state index is 0.0600. The van der Waals surface area contributed by atoms with Gasteiger partial charge in [0.25, 0.3) is 5.56 Å². The molecule has 1 saturated heterocycles. The molecule has 1 aliphatic rings. The molecule has 1 aromatic heterocycles. The van der Waals surface area contributed by atoms with Crippen LogP contribution in [-0.2, 0) is 6.54 Å². The van der Waals surface area contributed by atoms with E-state index in [0.29, 0.717) is 6.04 Å². The van der Waals surface area contributed by atoms with Gasteiger partial charge in [0.15, 0.2) is 0 Å². The van der Waals surface area contributed by atoms with Gasteiger partial charge in [0.1, 0.15) is 0 Å². The number of anilines is 1. The van der Waals surface area contributed by atoms with E-state index in [1.54, 1.807) is 10.6 Å². The van der Waals surface area contributed by atoms with Crippen molar-refractivity contribution in [2.75, 3.05) is 18.4 Å². The molecule has 0 bridgehead atoms. The van der Waals surface area contributed by atoms with Gasteiger partial charge in [-0.15, -0.1) is 0 Å². The fraction of sp³-hybridized carbons (Fsp3) is 0.500. The predicted octanol–water partition coefficient (Wildman–Crippen LogP) is 0.252. The van der Waals surface area contributed by atoms with Crippen LogP contribution in [-0.4, -0.2) is 23.7 Å². The van der Waals surface area contributed by atoms with E-state index < -0.39 is 0 Å². The molecule has 2 rings (SSSR count). The first-order chi connectivity index (χ1) is 6.79. The Bertz CT molecular complexity index is 368. The Kier molecular flexibility index (Phi) is 2.54. The Morgan fingerprint density at radius 2 is 2.36 bits per heavy atom. The number of aromatic nitrogens is 1. The zero-order chi connectivity index (χ0) is 9.97. The van der Waals surface area contributed by atoms with Crippen LogP contribution in [0.25, 0.3) is 0 Å². The van der Waals surface area contributed by atoms with Gasteiger partial charge in [-0.25, -0.2) is 0 Å². The van der Waals surface area contributed by atoms with Crippen LogP contribution in [0.2, 0.25) is 0 Å². The van der Waals surface area contributed by atoms with Crippen molar-refractivity contribution in [3.05, 3.63) is 28.7 Å². The molecule has 1 fully saturated rings. The SMILES string of the molecule is CCn1cc(NC2CNC2)ccc1=O. The third kappa shape index (κ3) is 1.80. The quantitative estimate of drug-likeness (QED) is 0.723. The van der Waals surface area contributed by atoms with Crippen LogP contribution in [0.4, 0.5) is 5.69 Å². The van der Waals surface area contributed by atoms with Crippen molar-refractivity contribution in [3.8, 4) is 0 Å². The normalized spacial score (nSPS) is 16.4. The molecule has 1 aliphatic heterocycles. The molecule has 76 valence electrons.